The zero-order chi connectivity index (χ0) is 8.97. The number of hydrogen-bond donors (Lipinski definition) is 0. The van der Waals surface area contributed by atoms with Crippen LogP contribution in [0.15, 0.2) is 33.6 Å². The summed E-state index contributed by atoms with van der Waals surface area (Å²) in [5, 5.41) is 0. The van der Waals surface area contributed by atoms with Crippen LogP contribution in [-0.2, 0) is 11.0 Å². The fraction of sp³-hybridized carbons (Fsp3) is 0.222. The lowest BCUT2D eigenvalue weighted by atomic mass is 10.2. The van der Waals surface area contributed by atoms with Crippen molar-refractivity contribution in [3.05, 3.63) is 29.8 Å². The Balaban J connectivity index is 2.90. The van der Waals surface area contributed by atoms with Gasteiger partial charge in [0.25, 0.3) is 0 Å². The molecule has 0 saturated heterocycles. The quantitative estimate of drug-likeness (QED) is 0.642. The third-order valence-electron chi connectivity index (χ3n) is 1.42. The highest BCUT2D eigenvalue weighted by atomic mass is 32.2. The van der Waals surface area contributed by atoms with Gasteiger partial charge in [0, 0.05) is 6.21 Å². The molecule has 0 aliphatic heterocycles. The maximum Gasteiger partial charge on any atom is 0.172 e. The third-order valence-corrected chi connectivity index (χ3v) is 2.50. The minimum atomic E-state index is -1.22. The maximum absolute atomic E-state index is 11.3. The molecule has 0 N–H and O–H groups in total. The van der Waals surface area contributed by atoms with E-state index in [-0.39, 0.29) is 0 Å². The lowest BCUT2D eigenvalue weighted by molar-refractivity contribution is 0.684. The Hall–Kier alpha value is -0.960. The summed E-state index contributed by atoms with van der Waals surface area (Å²) in [4.78, 5) is 0.749. The first-order valence-corrected chi connectivity index (χ1v) is 4.82. The molecule has 12 heavy (non-hydrogen) atoms. The Bertz CT molecular complexity index is 303. The summed E-state index contributed by atoms with van der Waals surface area (Å²) in [6.45, 7) is 3.75. The molecule has 64 valence electrons. The molecule has 0 amide bonds. The topological polar surface area (TPSA) is 29.4 Å². The van der Waals surface area contributed by atoms with E-state index in [0.29, 0.717) is 0 Å². The van der Waals surface area contributed by atoms with Gasteiger partial charge in [-0.25, -0.2) is 4.21 Å². The Morgan fingerprint density at radius 1 is 1.33 bits per heavy atom. The largest absolute Gasteiger partial charge is 0.230 e. The molecule has 0 aromatic heterocycles. The van der Waals surface area contributed by atoms with Gasteiger partial charge < -0.3 is 0 Å². The van der Waals surface area contributed by atoms with Crippen molar-refractivity contribution in [3.8, 4) is 0 Å². The Kier molecular flexibility index (Phi) is 3.17. The lowest BCUT2D eigenvalue weighted by Crippen LogP contribution is -1.86. The summed E-state index contributed by atoms with van der Waals surface area (Å²) >= 11 is 0. The van der Waals surface area contributed by atoms with Crippen LogP contribution in [0.3, 0.4) is 0 Å². The number of rotatable bonds is 2. The first-order chi connectivity index (χ1) is 5.74. The van der Waals surface area contributed by atoms with Gasteiger partial charge >= 0.3 is 0 Å². The van der Waals surface area contributed by atoms with Crippen molar-refractivity contribution in [1.82, 2.24) is 0 Å². The summed E-state index contributed by atoms with van der Waals surface area (Å²) in [6.07, 6.45) is 1.55. The maximum atomic E-state index is 11.3. The lowest BCUT2D eigenvalue weighted by Gasteiger charge is -1.95. The highest BCUT2D eigenvalue weighted by Gasteiger charge is 1.98. The Morgan fingerprint density at radius 2 is 1.92 bits per heavy atom. The summed E-state index contributed by atoms with van der Waals surface area (Å²) in [6, 6.07) is 7.52. The predicted octanol–water partition coefficient (Wildman–Crippen LogP) is 2.11. The smallest absolute Gasteiger partial charge is 0.172 e. The third kappa shape index (κ3) is 2.27. The van der Waals surface area contributed by atoms with E-state index < -0.39 is 11.0 Å². The SMILES string of the molecule is C/C=N/[S@@](=O)c1ccc(C)cc1. The van der Waals surface area contributed by atoms with Crippen molar-refractivity contribution in [2.24, 2.45) is 4.40 Å². The van der Waals surface area contributed by atoms with Gasteiger partial charge in [-0.05, 0) is 26.0 Å². The van der Waals surface area contributed by atoms with Gasteiger partial charge in [0.15, 0.2) is 11.0 Å². The minimum Gasteiger partial charge on any atom is -0.230 e. The first kappa shape index (κ1) is 9.13. The van der Waals surface area contributed by atoms with Crippen LogP contribution in [0.2, 0.25) is 0 Å². The van der Waals surface area contributed by atoms with Crippen molar-refractivity contribution < 1.29 is 4.21 Å². The van der Waals surface area contributed by atoms with Gasteiger partial charge in [-0.15, -0.1) is 0 Å². The molecule has 3 heteroatoms. The summed E-state index contributed by atoms with van der Waals surface area (Å²) in [5.41, 5.74) is 1.16. The van der Waals surface area contributed by atoms with Crippen LogP contribution in [-0.4, -0.2) is 10.4 Å². The molecule has 0 saturated carbocycles. The first-order valence-electron chi connectivity index (χ1n) is 3.71. The van der Waals surface area contributed by atoms with Gasteiger partial charge in [-0.3, -0.25) is 0 Å². The molecule has 2 nitrogen and oxygen atoms in total. The van der Waals surface area contributed by atoms with Crippen LogP contribution in [0, 0.1) is 6.92 Å². The predicted molar refractivity (Wildman–Crippen MR) is 51.8 cm³/mol. The van der Waals surface area contributed by atoms with E-state index in [0.717, 1.165) is 10.5 Å². The second kappa shape index (κ2) is 4.16. The summed E-state index contributed by atoms with van der Waals surface area (Å²) < 4.78 is 15.0. The molecule has 0 fully saturated rings. The molecule has 0 aliphatic rings. The van der Waals surface area contributed by atoms with E-state index in [2.05, 4.69) is 4.40 Å². The van der Waals surface area contributed by atoms with E-state index in [4.69, 9.17) is 0 Å². The summed E-state index contributed by atoms with van der Waals surface area (Å²) in [7, 11) is -1.22. The van der Waals surface area contributed by atoms with E-state index in [1.54, 1.807) is 13.1 Å². The average molecular weight is 181 g/mol. The number of benzene rings is 1. The summed E-state index contributed by atoms with van der Waals surface area (Å²) in [5.74, 6) is 0. The van der Waals surface area contributed by atoms with Crippen LogP contribution in [0.5, 0.6) is 0 Å². The van der Waals surface area contributed by atoms with Crippen molar-refractivity contribution in [3.63, 3.8) is 0 Å². The fourth-order valence-electron chi connectivity index (χ4n) is 0.811. The van der Waals surface area contributed by atoms with Gasteiger partial charge in [0.05, 0.1) is 4.90 Å². The molecular formula is C9H11NOS. The van der Waals surface area contributed by atoms with Crippen LogP contribution in [0.1, 0.15) is 12.5 Å². The molecule has 0 unspecified atom stereocenters. The van der Waals surface area contributed by atoms with Crippen LogP contribution < -0.4 is 0 Å². The molecule has 0 bridgehead atoms. The van der Waals surface area contributed by atoms with Crippen LogP contribution in [0.25, 0.3) is 0 Å². The molecule has 1 aromatic carbocycles. The van der Waals surface area contributed by atoms with Gasteiger partial charge in [0.2, 0.25) is 0 Å². The molecule has 0 aliphatic carbocycles. The van der Waals surface area contributed by atoms with E-state index >= 15 is 0 Å². The van der Waals surface area contributed by atoms with Crippen molar-refractivity contribution in [2.45, 2.75) is 18.7 Å². The fourth-order valence-corrected chi connectivity index (χ4v) is 1.49. The number of nitrogens with zero attached hydrogens (tertiary/aromatic N) is 1. The van der Waals surface area contributed by atoms with Crippen molar-refractivity contribution in [2.75, 3.05) is 0 Å². The molecule has 1 rings (SSSR count). The highest BCUT2D eigenvalue weighted by Crippen LogP contribution is 2.08. The number of hydrogen-bond acceptors (Lipinski definition) is 1. The Labute approximate surface area is 74.9 Å². The average Bonchev–Trinajstić information content (AvgIpc) is 2.06. The van der Waals surface area contributed by atoms with Crippen molar-refractivity contribution in [1.29, 1.82) is 0 Å². The molecule has 0 spiro atoms. The van der Waals surface area contributed by atoms with E-state index in [1.165, 1.54) is 0 Å². The number of aryl methyl sites for hydroxylation is 1. The zero-order valence-corrected chi connectivity index (χ0v) is 7.97. The molecule has 1 atom stereocenters. The monoisotopic (exact) mass is 181 g/mol. The van der Waals surface area contributed by atoms with E-state index in [9.17, 15) is 4.21 Å². The van der Waals surface area contributed by atoms with Crippen molar-refractivity contribution >= 4 is 17.2 Å². The second-order valence-electron chi connectivity index (χ2n) is 2.43. The molecular weight excluding hydrogens is 170 g/mol. The molecule has 1 aromatic rings. The van der Waals surface area contributed by atoms with E-state index in [1.807, 2.05) is 31.2 Å². The molecule has 0 radical (unpaired) electrons. The Morgan fingerprint density at radius 3 is 2.42 bits per heavy atom. The van der Waals surface area contributed by atoms with Crippen LogP contribution in [0.4, 0.5) is 0 Å². The molecule has 0 heterocycles. The highest BCUT2D eigenvalue weighted by molar-refractivity contribution is 7.83. The van der Waals surface area contributed by atoms with Gasteiger partial charge in [0.1, 0.15) is 0 Å². The van der Waals surface area contributed by atoms with Gasteiger partial charge in [-0.1, -0.05) is 17.7 Å². The van der Waals surface area contributed by atoms with Crippen LogP contribution >= 0.6 is 0 Å². The van der Waals surface area contributed by atoms with Gasteiger partial charge in [-0.2, -0.15) is 4.40 Å². The zero-order valence-electron chi connectivity index (χ0n) is 7.15. The normalized spacial score (nSPS) is 13.5. The minimum absolute atomic E-state index is 0.749. The standard InChI is InChI=1S/C9H11NOS/c1-3-10-12(11)9-6-4-8(2)5-7-9/h3-7H,1-2H3/b10-3+/t12-/m0/s1. The second-order valence-corrected chi connectivity index (χ2v) is 3.61.